The number of rotatable bonds is 5. The van der Waals surface area contributed by atoms with Gasteiger partial charge in [-0.25, -0.2) is 0 Å². The van der Waals surface area contributed by atoms with Crippen molar-refractivity contribution in [1.82, 2.24) is 4.98 Å². The monoisotopic (exact) mass is 389 g/mol. The summed E-state index contributed by atoms with van der Waals surface area (Å²) < 4.78 is 0. The summed E-state index contributed by atoms with van der Waals surface area (Å²) in [5, 5.41) is 0. The zero-order valence-corrected chi connectivity index (χ0v) is 17.9. The van der Waals surface area contributed by atoms with Crippen LogP contribution in [-0.4, -0.2) is 4.98 Å². The minimum atomic E-state index is 0.786. The van der Waals surface area contributed by atoms with Crippen LogP contribution in [0.3, 0.4) is 0 Å². The van der Waals surface area contributed by atoms with Gasteiger partial charge in [0.2, 0.25) is 0 Å². The van der Waals surface area contributed by atoms with Gasteiger partial charge < -0.3 is 0 Å². The SMILES string of the molecule is Cc1cc(C)cc(C(Cc2ncccc2C)=C(c2ccccc2)c2ccccc2)c1. The summed E-state index contributed by atoms with van der Waals surface area (Å²) in [5.74, 6) is 0. The first-order valence-corrected chi connectivity index (χ1v) is 10.4. The first-order valence-electron chi connectivity index (χ1n) is 10.4. The molecule has 1 aromatic heterocycles. The van der Waals surface area contributed by atoms with E-state index >= 15 is 0 Å². The van der Waals surface area contributed by atoms with Gasteiger partial charge in [-0.2, -0.15) is 0 Å². The standard InChI is InChI=1S/C29H27N/c1-21-17-22(2)19-26(18-21)27(20-28-23(3)11-10-16-30-28)29(24-12-6-4-7-13-24)25-14-8-5-9-15-25/h4-19H,20H2,1-3H3. The van der Waals surface area contributed by atoms with Gasteiger partial charge in [-0.3, -0.25) is 4.98 Å². The Balaban J connectivity index is 2.03. The molecular weight excluding hydrogens is 362 g/mol. The van der Waals surface area contributed by atoms with Crippen molar-refractivity contribution in [3.63, 3.8) is 0 Å². The van der Waals surface area contributed by atoms with Gasteiger partial charge in [-0.05, 0) is 60.2 Å². The molecule has 0 bridgehead atoms. The van der Waals surface area contributed by atoms with Crippen molar-refractivity contribution in [1.29, 1.82) is 0 Å². The van der Waals surface area contributed by atoms with Crippen LogP contribution in [0.1, 0.15) is 39.1 Å². The summed E-state index contributed by atoms with van der Waals surface area (Å²) in [5.41, 5.74) is 11.2. The topological polar surface area (TPSA) is 12.9 Å². The average molecular weight is 390 g/mol. The van der Waals surface area contributed by atoms with Gasteiger partial charge in [0.25, 0.3) is 0 Å². The third-order valence-corrected chi connectivity index (χ3v) is 5.46. The quantitative estimate of drug-likeness (QED) is 0.329. The van der Waals surface area contributed by atoms with Gasteiger partial charge in [-0.1, -0.05) is 96.1 Å². The molecule has 0 aliphatic rings. The highest BCUT2D eigenvalue weighted by atomic mass is 14.7. The predicted molar refractivity (Wildman–Crippen MR) is 127 cm³/mol. The van der Waals surface area contributed by atoms with Gasteiger partial charge in [0, 0.05) is 18.3 Å². The second kappa shape index (κ2) is 8.92. The van der Waals surface area contributed by atoms with Gasteiger partial charge in [0.15, 0.2) is 0 Å². The Hall–Kier alpha value is -3.45. The van der Waals surface area contributed by atoms with Crippen LogP contribution in [0.25, 0.3) is 11.1 Å². The van der Waals surface area contributed by atoms with Crippen LogP contribution in [-0.2, 0) is 6.42 Å². The molecule has 0 aliphatic carbocycles. The van der Waals surface area contributed by atoms with Gasteiger partial charge in [-0.15, -0.1) is 0 Å². The Morgan fingerprint density at radius 2 is 1.20 bits per heavy atom. The zero-order valence-electron chi connectivity index (χ0n) is 17.9. The Bertz CT molecular complexity index is 1110. The molecule has 148 valence electrons. The van der Waals surface area contributed by atoms with E-state index in [9.17, 15) is 0 Å². The number of nitrogens with zero attached hydrogens (tertiary/aromatic N) is 1. The number of aryl methyl sites for hydroxylation is 3. The lowest BCUT2D eigenvalue weighted by Gasteiger charge is -2.19. The molecule has 1 heteroatoms. The van der Waals surface area contributed by atoms with Crippen molar-refractivity contribution in [2.45, 2.75) is 27.2 Å². The minimum absolute atomic E-state index is 0.786. The van der Waals surface area contributed by atoms with Crippen molar-refractivity contribution in [2.75, 3.05) is 0 Å². The zero-order chi connectivity index (χ0) is 20.9. The molecule has 0 atom stereocenters. The van der Waals surface area contributed by atoms with Gasteiger partial charge in [0.1, 0.15) is 0 Å². The highest BCUT2D eigenvalue weighted by Gasteiger charge is 2.16. The molecule has 0 aliphatic heterocycles. The Morgan fingerprint density at radius 3 is 1.73 bits per heavy atom. The number of benzene rings is 3. The maximum Gasteiger partial charge on any atom is 0.0476 e. The van der Waals surface area contributed by atoms with Gasteiger partial charge >= 0.3 is 0 Å². The lowest BCUT2D eigenvalue weighted by molar-refractivity contribution is 1.08. The van der Waals surface area contributed by atoms with E-state index in [-0.39, 0.29) is 0 Å². The third kappa shape index (κ3) is 4.41. The number of allylic oxidation sites excluding steroid dienone is 1. The number of pyridine rings is 1. The highest BCUT2D eigenvalue weighted by Crippen LogP contribution is 2.35. The molecule has 4 rings (SSSR count). The Kier molecular flexibility index (Phi) is 5.90. The van der Waals surface area contributed by atoms with Crippen molar-refractivity contribution in [2.24, 2.45) is 0 Å². The van der Waals surface area contributed by atoms with Crippen molar-refractivity contribution in [3.05, 3.63) is 136 Å². The van der Waals surface area contributed by atoms with Crippen LogP contribution in [0.15, 0.2) is 97.2 Å². The van der Waals surface area contributed by atoms with Crippen LogP contribution < -0.4 is 0 Å². The summed E-state index contributed by atoms with van der Waals surface area (Å²) in [6.45, 7) is 6.49. The molecule has 0 amide bonds. The van der Waals surface area contributed by atoms with E-state index in [2.05, 4.69) is 106 Å². The van der Waals surface area contributed by atoms with E-state index in [1.54, 1.807) is 0 Å². The molecule has 1 nitrogen and oxygen atoms in total. The van der Waals surface area contributed by atoms with Crippen LogP contribution in [0, 0.1) is 20.8 Å². The van der Waals surface area contributed by atoms with Crippen LogP contribution in [0.5, 0.6) is 0 Å². The first-order chi connectivity index (χ1) is 14.6. The Labute approximate surface area is 179 Å². The van der Waals surface area contributed by atoms with Crippen LogP contribution in [0.2, 0.25) is 0 Å². The minimum Gasteiger partial charge on any atom is -0.261 e. The maximum atomic E-state index is 4.72. The first kappa shape index (κ1) is 19.8. The molecule has 30 heavy (non-hydrogen) atoms. The molecule has 0 saturated heterocycles. The fourth-order valence-electron chi connectivity index (χ4n) is 4.08. The average Bonchev–Trinajstić information content (AvgIpc) is 2.75. The molecule has 0 saturated carbocycles. The number of hydrogen-bond acceptors (Lipinski definition) is 1. The molecule has 1 heterocycles. The lowest BCUT2D eigenvalue weighted by Crippen LogP contribution is -2.02. The fraction of sp³-hybridized carbons (Fsp3) is 0.138. The number of aromatic nitrogens is 1. The lowest BCUT2D eigenvalue weighted by atomic mass is 9.86. The summed E-state index contributed by atoms with van der Waals surface area (Å²) in [7, 11) is 0. The number of hydrogen-bond donors (Lipinski definition) is 0. The van der Waals surface area contributed by atoms with Crippen LogP contribution in [0.4, 0.5) is 0 Å². The molecule has 3 aromatic carbocycles. The predicted octanol–water partition coefficient (Wildman–Crippen LogP) is 7.21. The normalized spacial score (nSPS) is 10.6. The van der Waals surface area contributed by atoms with E-state index in [0.29, 0.717) is 0 Å². The third-order valence-electron chi connectivity index (χ3n) is 5.46. The van der Waals surface area contributed by atoms with Crippen molar-refractivity contribution >= 4 is 11.1 Å². The summed E-state index contributed by atoms with van der Waals surface area (Å²) in [4.78, 5) is 4.72. The Morgan fingerprint density at radius 1 is 0.633 bits per heavy atom. The summed E-state index contributed by atoms with van der Waals surface area (Å²) in [6, 6.07) is 32.4. The van der Waals surface area contributed by atoms with E-state index in [1.807, 2.05) is 12.3 Å². The van der Waals surface area contributed by atoms with Gasteiger partial charge in [0.05, 0.1) is 0 Å². The van der Waals surface area contributed by atoms with Crippen LogP contribution >= 0.6 is 0 Å². The molecule has 0 spiro atoms. The smallest absolute Gasteiger partial charge is 0.0476 e. The molecule has 0 N–H and O–H groups in total. The highest BCUT2D eigenvalue weighted by molar-refractivity contribution is 5.99. The molecular formula is C29H27N. The molecule has 0 unspecified atom stereocenters. The molecule has 0 radical (unpaired) electrons. The summed E-state index contributed by atoms with van der Waals surface area (Å²) >= 11 is 0. The molecule has 0 fully saturated rings. The fourth-order valence-corrected chi connectivity index (χ4v) is 4.08. The van der Waals surface area contributed by atoms with Crippen molar-refractivity contribution in [3.8, 4) is 0 Å². The van der Waals surface area contributed by atoms with E-state index < -0.39 is 0 Å². The summed E-state index contributed by atoms with van der Waals surface area (Å²) in [6.07, 6.45) is 2.68. The maximum absolute atomic E-state index is 4.72. The second-order valence-electron chi connectivity index (χ2n) is 7.91. The van der Waals surface area contributed by atoms with Crippen molar-refractivity contribution < 1.29 is 0 Å². The largest absolute Gasteiger partial charge is 0.261 e. The van der Waals surface area contributed by atoms with E-state index in [1.165, 1.54) is 44.5 Å². The van der Waals surface area contributed by atoms with E-state index in [4.69, 9.17) is 4.98 Å². The van der Waals surface area contributed by atoms with E-state index in [0.717, 1.165) is 12.1 Å². The second-order valence-corrected chi connectivity index (χ2v) is 7.91. The molecule has 4 aromatic rings.